The number of carbonyl (C=O) groups excluding carboxylic acids is 1. The number of fused-ring (bicyclic) bond motifs is 1. The van der Waals surface area contributed by atoms with Crippen LogP contribution in [0.1, 0.15) is 43.7 Å². The van der Waals surface area contributed by atoms with Crippen LogP contribution in [0.2, 0.25) is 5.02 Å². The molecule has 1 N–H and O–H groups in total. The molecule has 4 rings (SSSR count). The normalized spacial score (nSPS) is 20.5. The van der Waals surface area contributed by atoms with Crippen molar-refractivity contribution in [2.24, 2.45) is 19.5 Å². The van der Waals surface area contributed by atoms with E-state index in [1.54, 1.807) is 19.2 Å². The molecular formula is C21H22ClN3O3. The van der Waals surface area contributed by atoms with Crippen LogP contribution in [-0.2, 0) is 18.9 Å². The van der Waals surface area contributed by atoms with Crippen molar-refractivity contribution in [1.29, 1.82) is 0 Å². The van der Waals surface area contributed by atoms with Crippen LogP contribution < -0.4 is 16.6 Å². The van der Waals surface area contributed by atoms with Crippen LogP contribution in [0.3, 0.4) is 0 Å². The maximum Gasteiger partial charge on any atom is 0.332 e. The molecular weight excluding hydrogens is 378 g/mol. The second-order valence-electron chi connectivity index (χ2n) is 8.41. The fraction of sp³-hybridized carbons (Fsp3) is 0.381. The summed E-state index contributed by atoms with van der Waals surface area (Å²) < 4.78 is 2.52. The standard InChI is InChI=1S/C21H22ClN3O3/c1-21(2)9-13-16(14(26)10-21)15(11-6-5-7-12(22)8-11)17-18(23-13)24(3)20(28)25(4)19(17)27/h5-8,15,23H,9-10H2,1-4H3/t15-/m0/s1. The van der Waals surface area contributed by atoms with Crippen molar-refractivity contribution < 1.29 is 4.79 Å². The van der Waals surface area contributed by atoms with Gasteiger partial charge in [-0.3, -0.25) is 18.7 Å². The Hall–Kier alpha value is -2.60. The van der Waals surface area contributed by atoms with E-state index in [4.69, 9.17) is 11.6 Å². The molecule has 2 heterocycles. The summed E-state index contributed by atoms with van der Waals surface area (Å²) in [5.74, 6) is -0.0911. The van der Waals surface area contributed by atoms with Crippen molar-refractivity contribution in [1.82, 2.24) is 9.13 Å². The Kier molecular flexibility index (Phi) is 4.16. The highest BCUT2D eigenvalue weighted by atomic mass is 35.5. The first-order valence-electron chi connectivity index (χ1n) is 9.19. The van der Waals surface area contributed by atoms with Crippen molar-refractivity contribution in [3.63, 3.8) is 0 Å². The zero-order chi connectivity index (χ0) is 20.4. The van der Waals surface area contributed by atoms with Crippen LogP contribution in [0.5, 0.6) is 0 Å². The average Bonchev–Trinajstić information content (AvgIpc) is 2.62. The summed E-state index contributed by atoms with van der Waals surface area (Å²) in [5, 5.41) is 3.78. The smallest absolute Gasteiger partial charge is 0.332 e. The Morgan fingerprint density at radius 2 is 1.82 bits per heavy atom. The van der Waals surface area contributed by atoms with Crippen LogP contribution in [0, 0.1) is 5.41 Å². The summed E-state index contributed by atoms with van der Waals surface area (Å²) >= 11 is 6.22. The van der Waals surface area contributed by atoms with Crippen molar-refractivity contribution in [3.8, 4) is 0 Å². The first-order valence-corrected chi connectivity index (χ1v) is 9.57. The molecule has 0 unspecified atom stereocenters. The maximum absolute atomic E-state index is 13.2. The molecule has 0 saturated carbocycles. The zero-order valence-electron chi connectivity index (χ0n) is 16.3. The Bertz CT molecular complexity index is 1170. The molecule has 0 bridgehead atoms. The number of aromatic nitrogens is 2. The molecule has 1 aromatic heterocycles. The van der Waals surface area contributed by atoms with Gasteiger partial charge in [0, 0.05) is 42.7 Å². The molecule has 1 atom stereocenters. The molecule has 6 nitrogen and oxygen atoms in total. The lowest BCUT2D eigenvalue weighted by Gasteiger charge is -2.39. The Labute approximate surface area is 167 Å². The van der Waals surface area contributed by atoms with Crippen LogP contribution in [0.25, 0.3) is 0 Å². The third-order valence-electron chi connectivity index (χ3n) is 5.65. The number of benzene rings is 1. The fourth-order valence-corrected chi connectivity index (χ4v) is 4.57. The third-order valence-corrected chi connectivity index (χ3v) is 5.88. The van der Waals surface area contributed by atoms with Gasteiger partial charge in [-0.15, -0.1) is 0 Å². The number of carbonyl (C=O) groups is 1. The Balaban J connectivity index is 2.09. The highest BCUT2D eigenvalue weighted by Gasteiger charge is 2.42. The number of nitrogens with zero attached hydrogens (tertiary/aromatic N) is 2. The average molecular weight is 400 g/mol. The monoisotopic (exact) mass is 399 g/mol. The lowest BCUT2D eigenvalue weighted by molar-refractivity contribution is -0.118. The lowest BCUT2D eigenvalue weighted by Crippen LogP contribution is -2.45. The minimum absolute atomic E-state index is 0.0188. The van der Waals surface area contributed by atoms with Crippen molar-refractivity contribution >= 4 is 23.2 Å². The molecule has 0 fully saturated rings. The van der Waals surface area contributed by atoms with E-state index in [9.17, 15) is 14.4 Å². The molecule has 1 aliphatic heterocycles. The number of rotatable bonds is 1. The quantitative estimate of drug-likeness (QED) is 0.800. The molecule has 2 aromatic rings. The summed E-state index contributed by atoms with van der Waals surface area (Å²) in [7, 11) is 3.08. The van der Waals surface area contributed by atoms with Crippen LogP contribution in [0.15, 0.2) is 45.1 Å². The van der Waals surface area contributed by atoms with Gasteiger partial charge in [0.05, 0.1) is 5.56 Å². The maximum atomic E-state index is 13.2. The predicted octanol–water partition coefficient (Wildman–Crippen LogP) is 2.94. The topological polar surface area (TPSA) is 73.1 Å². The van der Waals surface area contributed by atoms with E-state index in [0.29, 0.717) is 34.8 Å². The summed E-state index contributed by atoms with van der Waals surface area (Å²) in [6.45, 7) is 4.09. The highest BCUT2D eigenvalue weighted by Crippen LogP contribution is 2.47. The van der Waals surface area contributed by atoms with Crippen molar-refractivity contribution in [2.75, 3.05) is 5.32 Å². The van der Waals surface area contributed by atoms with E-state index in [-0.39, 0.29) is 11.2 Å². The van der Waals surface area contributed by atoms with E-state index in [2.05, 4.69) is 5.32 Å². The van der Waals surface area contributed by atoms with Gasteiger partial charge in [-0.05, 0) is 29.5 Å². The predicted molar refractivity (Wildman–Crippen MR) is 109 cm³/mol. The first-order chi connectivity index (χ1) is 13.1. The Morgan fingerprint density at radius 3 is 2.50 bits per heavy atom. The van der Waals surface area contributed by atoms with E-state index in [1.165, 1.54) is 11.6 Å². The number of hydrogen-bond acceptors (Lipinski definition) is 4. The number of hydrogen-bond donors (Lipinski definition) is 1. The lowest BCUT2D eigenvalue weighted by atomic mass is 9.69. The van der Waals surface area contributed by atoms with Gasteiger partial charge in [0.25, 0.3) is 5.56 Å². The van der Waals surface area contributed by atoms with Crippen molar-refractivity contribution in [2.45, 2.75) is 32.6 Å². The largest absolute Gasteiger partial charge is 0.344 e. The molecule has 7 heteroatoms. The van der Waals surface area contributed by atoms with E-state index < -0.39 is 17.2 Å². The molecule has 0 radical (unpaired) electrons. The SMILES string of the molecule is Cn1c2c(c(=O)n(C)c1=O)[C@@H](c1cccc(Cl)c1)C1=C(CC(C)(C)CC1=O)N2. The van der Waals surface area contributed by atoms with E-state index >= 15 is 0 Å². The number of anilines is 1. The second kappa shape index (κ2) is 6.21. The molecule has 28 heavy (non-hydrogen) atoms. The molecule has 0 spiro atoms. The van der Waals surface area contributed by atoms with E-state index in [1.807, 2.05) is 26.0 Å². The molecule has 2 aliphatic rings. The van der Waals surface area contributed by atoms with Gasteiger partial charge in [0.1, 0.15) is 5.82 Å². The summed E-state index contributed by atoms with van der Waals surface area (Å²) in [6.07, 6.45) is 1.07. The van der Waals surface area contributed by atoms with E-state index in [0.717, 1.165) is 15.8 Å². The zero-order valence-corrected chi connectivity index (χ0v) is 17.1. The number of allylic oxidation sites excluding steroid dienone is 2. The van der Waals surface area contributed by atoms with Gasteiger partial charge in [0.15, 0.2) is 5.78 Å². The first kappa shape index (κ1) is 18.7. The molecule has 1 aliphatic carbocycles. The van der Waals surface area contributed by atoms with Gasteiger partial charge in [-0.1, -0.05) is 37.6 Å². The second-order valence-corrected chi connectivity index (χ2v) is 8.85. The number of Topliss-reactive ketones (excluding diaryl/α,β-unsaturated/α-hetero) is 1. The summed E-state index contributed by atoms with van der Waals surface area (Å²) in [5.41, 5.74) is 1.54. The number of ketones is 1. The minimum Gasteiger partial charge on any atom is -0.344 e. The molecule has 1 aromatic carbocycles. The molecule has 0 amide bonds. The summed E-state index contributed by atoms with van der Waals surface area (Å²) in [6, 6.07) is 7.22. The van der Waals surface area contributed by atoms with Gasteiger partial charge in [0.2, 0.25) is 0 Å². The molecule has 146 valence electrons. The van der Waals surface area contributed by atoms with Gasteiger partial charge < -0.3 is 5.32 Å². The van der Waals surface area contributed by atoms with Crippen molar-refractivity contribution in [3.05, 3.63) is 72.5 Å². The van der Waals surface area contributed by atoms with Crippen LogP contribution >= 0.6 is 11.6 Å². The summed E-state index contributed by atoms with van der Waals surface area (Å²) in [4.78, 5) is 38.8. The number of halogens is 1. The Morgan fingerprint density at radius 1 is 1.11 bits per heavy atom. The minimum atomic E-state index is -0.556. The van der Waals surface area contributed by atoms with Crippen LogP contribution in [0.4, 0.5) is 5.82 Å². The number of nitrogens with one attached hydrogen (secondary N) is 1. The van der Waals surface area contributed by atoms with Gasteiger partial charge >= 0.3 is 5.69 Å². The molecule has 0 saturated heterocycles. The fourth-order valence-electron chi connectivity index (χ4n) is 4.37. The van der Waals surface area contributed by atoms with Crippen LogP contribution in [-0.4, -0.2) is 14.9 Å². The van der Waals surface area contributed by atoms with Gasteiger partial charge in [-0.2, -0.15) is 0 Å². The van der Waals surface area contributed by atoms with Gasteiger partial charge in [-0.25, -0.2) is 4.79 Å². The highest BCUT2D eigenvalue weighted by molar-refractivity contribution is 6.30. The third kappa shape index (κ3) is 2.75.